The molecule has 9 nitrogen and oxygen atoms in total. The summed E-state index contributed by atoms with van der Waals surface area (Å²) >= 11 is 5.50. The number of carboxylic acid groups (broad SMARTS) is 1. The Morgan fingerprint density at radius 3 is 2.68 bits per heavy atom. The van der Waals surface area contributed by atoms with Crippen molar-refractivity contribution in [1.82, 2.24) is 5.32 Å². The molecule has 1 fully saturated rings. The van der Waals surface area contributed by atoms with Gasteiger partial charge in [-0.3, -0.25) is 4.79 Å². The van der Waals surface area contributed by atoms with E-state index in [9.17, 15) is 19.8 Å². The summed E-state index contributed by atoms with van der Waals surface area (Å²) in [5.74, 6) is -0.867. The fourth-order valence-electron chi connectivity index (χ4n) is 4.93. The smallest absolute Gasteiger partial charge is 0.336 e. The molecule has 0 amide bonds. The van der Waals surface area contributed by atoms with Gasteiger partial charge in [0, 0.05) is 41.4 Å². The van der Waals surface area contributed by atoms with E-state index in [0.717, 1.165) is 6.42 Å². The van der Waals surface area contributed by atoms with Gasteiger partial charge in [-0.1, -0.05) is 6.07 Å². The number of thiocarbonyl (C=S) groups is 1. The SMILES string of the molecule is COC[C@H]1O[C@@H](C)C[C@@H]1NC(=S)Nc1ccc(-c2c3ccc(=O)cc-3oc3cc(O)ccc23)c(C(=O)O)c1. The van der Waals surface area contributed by atoms with Crippen LogP contribution in [0.2, 0.25) is 0 Å². The van der Waals surface area contributed by atoms with Crippen molar-refractivity contribution in [3.63, 3.8) is 0 Å². The van der Waals surface area contributed by atoms with E-state index in [1.807, 2.05) is 6.92 Å². The fourth-order valence-corrected chi connectivity index (χ4v) is 5.20. The molecule has 0 radical (unpaired) electrons. The molecule has 2 aromatic rings. The summed E-state index contributed by atoms with van der Waals surface area (Å²) in [6.07, 6.45) is 0.677. The molecule has 2 aliphatic heterocycles. The van der Waals surface area contributed by atoms with Gasteiger partial charge in [-0.2, -0.15) is 0 Å². The van der Waals surface area contributed by atoms with Crippen molar-refractivity contribution >= 4 is 40.0 Å². The number of rotatable bonds is 6. The van der Waals surface area contributed by atoms with Crippen LogP contribution in [0, 0.1) is 0 Å². The lowest BCUT2D eigenvalue weighted by Crippen LogP contribution is -2.44. The van der Waals surface area contributed by atoms with Crippen LogP contribution in [0.4, 0.5) is 5.69 Å². The summed E-state index contributed by atoms with van der Waals surface area (Å²) in [6, 6.07) is 13.8. The van der Waals surface area contributed by atoms with Crippen molar-refractivity contribution in [3.05, 3.63) is 70.4 Å². The highest BCUT2D eigenvalue weighted by Gasteiger charge is 2.33. The molecule has 0 aromatic heterocycles. The van der Waals surface area contributed by atoms with Crippen LogP contribution < -0.4 is 16.1 Å². The highest BCUT2D eigenvalue weighted by molar-refractivity contribution is 7.80. The predicted molar refractivity (Wildman–Crippen MR) is 147 cm³/mol. The molecule has 10 heteroatoms. The second kappa shape index (κ2) is 10.4. The lowest BCUT2D eigenvalue weighted by molar-refractivity contribution is -0.000113. The third kappa shape index (κ3) is 5.06. The van der Waals surface area contributed by atoms with Crippen molar-refractivity contribution in [2.45, 2.75) is 31.6 Å². The van der Waals surface area contributed by atoms with Gasteiger partial charge in [-0.05, 0) is 67.5 Å². The van der Waals surface area contributed by atoms with Gasteiger partial charge in [0.15, 0.2) is 10.5 Å². The van der Waals surface area contributed by atoms with Crippen LogP contribution >= 0.6 is 12.2 Å². The number of phenols is 1. The molecule has 2 aromatic carbocycles. The summed E-state index contributed by atoms with van der Waals surface area (Å²) in [5, 5.41) is 27.4. The topological polar surface area (TPSA) is 130 Å². The van der Waals surface area contributed by atoms with Crippen LogP contribution in [0.15, 0.2) is 63.8 Å². The zero-order chi connectivity index (χ0) is 27.0. The van der Waals surface area contributed by atoms with E-state index >= 15 is 0 Å². The first-order valence-corrected chi connectivity index (χ1v) is 12.4. The summed E-state index contributed by atoms with van der Waals surface area (Å²) in [4.78, 5) is 24.4. The Labute approximate surface area is 223 Å². The minimum absolute atomic E-state index is 0.0151. The molecule has 0 spiro atoms. The van der Waals surface area contributed by atoms with Crippen LogP contribution in [0.25, 0.3) is 33.4 Å². The van der Waals surface area contributed by atoms with E-state index in [2.05, 4.69) is 10.6 Å². The van der Waals surface area contributed by atoms with Crippen molar-refractivity contribution in [3.8, 4) is 28.2 Å². The zero-order valence-corrected chi connectivity index (χ0v) is 21.5. The third-order valence-electron chi connectivity index (χ3n) is 6.54. The lowest BCUT2D eigenvalue weighted by atomic mass is 9.90. The average Bonchev–Trinajstić information content (AvgIpc) is 3.20. The molecule has 3 atom stereocenters. The van der Waals surface area contributed by atoms with Gasteiger partial charge < -0.3 is 34.7 Å². The van der Waals surface area contributed by atoms with Crippen LogP contribution in [0.3, 0.4) is 0 Å². The highest BCUT2D eigenvalue weighted by Crippen LogP contribution is 2.42. The number of hydrogen-bond donors (Lipinski definition) is 4. The average molecular weight is 535 g/mol. The van der Waals surface area contributed by atoms with E-state index in [4.69, 9.17) is 26.1 Å². The minimum Gasteiger partial charge on any atom is -0.508 e. The molecule has 4 N–H and O–H groups in total. The number of aromatic carboxylic acids is 1. The Hall–Kier alpha value is -3.99. The van der Waals surface area contributed by atoms with E-state index in [-0.39, 0.29) is 40.8 Å². The Balaban J connectivity index is 1.53. The number of methoxy groups -OCH3 is 1. The number of fused-ring (bicyclic) bond motifs is 2. The van der Waals surface area contributed by atoms with E-state index < -0.39 is 5.97 Å². The van der Waals surface area contributed by atoms with Crippen LogP contribution in [0.1, 0.15) is 23.7 Å². The summed E-state index contributed by atoms with van der Waals surface area (Å²) in [6.45, 7) is 2.42. The van der Waals surface area contributed by atoms with Gasteiger partial charge in [0.25, 0.3) is 0 Å². The first-order chi connectivity index (χ1) is 18.2. The zero-order valence-electron chi connectivity index (χ0n) is 20.7. The molecule has 0 bridgehead atoms. The predicted octanol–water partition coefficient (Wildman–Crippen LogP) is 4.45. The molecule has 196 valence electrons. The van der Waals surface area contributed by atoms with Crippen LogP contribution in [-0.4, -0.2) is 53.3 Å². The lowest BCUT2D eigenvalue weighted by Gasteiger charge is -2.21. The number of nitrogens with one attached hydrogen (secondary N) is 2. The summed E-state index contributed by atoms with van der Waals surface area (Å²) in [5.41, 5.74) is 2.16. The number of aromatic hydroxyl groups is 1. The first-order valence-electron chi connectivity index (χ1n) is 12.0. The molecule has 5 rings (SSSR count). The number of carboxylic acids is 1. The van der Waals surface area contributed by atoms with Crippen LogP contribution in [-0.2, 0) is 9.47 Å². The van der Waals surface area contributed by atoms with Gasteiger partial charge >= 0.3 is 5.97 Å². The largest absolute Gasteiger partial charge is 0.508 e. The molecule has 2 heterocycles. The molecule has 38 heavy (non-hydrogen) atoms. The molecule has 0 saturated carbocycles. The van der Waals surface area contributed by atoms with E-state index in [1.54, 1.807) is 31.4 Å². The number of carbonyl (C=O) groups is 1. The maximum atomic E-state index is 12.4. The fraction of sp³-hybridized carbons (Fsp3) is 0.250. The number of anilines is 1. The Morgan fingerprint density at radius 2 is 1.92 bits per heavy atom. The van der Waals surface area contributed by atoms with Gasteiger partial charge in [0.1, 0.15) is 23.2 Å². The summed E-state index contributed by atoms with van der Waals surface area (Å²) in [7, 11) is 1.62. The van der Waals surface area contributed by atoms with Gasteiger partial charge in [-0.15, -0.1) is 0 Å². The number of ether oxygens (including phenoxy) is 2. The molecule has 3 aliphatic rings. The quantitative estimate of drug-likeness (QED) is 0.208. The van der Waals surface area contributed by atoms with Gasteiger partial charge in [-0.25, -0.2) is 4.79 Å². The maximum Gasteiger partial charge on any atom is 0.336 e. The first kappa shape index (κ1) is 25.7. The minimum atomic E-state index is -1.14. The maximum absolute atomic E-state index is 12.4. The third-order valence-corrected chi connectivity index (χ3v) is 6.76. The number of benzene rings is 3. The Kier molecular flexibility index (Phi) is 7.02. The molecule has 0 unspecified atom stereocenters. The van der Waals surface area contributed by atoms with Crippen molar-refractivity contribution in [2.75, 3.05) is 19.0 Å². The Bertz CT molecular complexity index is 1570. The molecule has 1 saturated heterocycles. The monoisotopic (exact) mass is 534 g/mol. The number of hydrogen-bond acceptors (Lipinski definition) is 7. The van der Waals surface area contributed by atoms with Gasteiger partial charge in [0.05, 0.1) is 24.3 Å². The van der Waals surface area contributed by atoms with E-state index in [0.29, 0.717) is 45.1 Å². The normalized spacial score (nSPS) is 19.1. The van der Waals surface area contributed by atoms with E-state index in [1.165, 1.54) is 30.3 Å². The molecular weight excluding hydrogens is 508 g/mol. The summed E-state index contributed by atoms with van der Waals surface area (Å²) < 4.78 is 17.0. The Morgan fingerprint density at radius 1 is 1.13 bits per heavy atom. The van der Waals surface area contributed by atoms with Crippen molar-refractivity contribution in [2.24, 2.45) is 0 Å². The van der Waals surface area contributed by atoms with Crippen LogP contribution in [0.5, 0.6) is 5.75 Å². The second-order valence-corrected chi connectivity index (χ2v) is 9.67. The second-order valence-electron chi connectivity index (χ2n) is 9.26. The number of phenolic OH excluding ortho intramolecular Hbond substituents is 1. The molecular formula is C28H26N2O7S. The molecule has 1 aliphatic carbocycles. The standard InChI is InChI=1S/C28H26N2O7S/c1-14-9-22(25(36-14)13-35-2)30-28(38)29-15-3-6-18(21(10-15)27(33)34)26-19-7-4-16(31)11-23(19)37-24-12-17(32)5-8-20(24)26/h3-8,10-12,14,22,25,31H,9,13H2,1-2H3,(H,33,34)(H2,29,30,38)/t14-,22-,25+/m0/s1. The van der Waals surface area contributed by atoms with Gasteiger partial charge in [0.2, 0.25) is 0 Å². The highest BCUT2D eigenvalue weighted by atomic mass is 32.1. The van der Waals surface area contributed by atoms with Crippen molar-refractivity contribution in [1.29, 1.82) is 0 Å². The van der Waals surface area contributed by atoms with Crippen molar-refractivity contribution < 1.29 is 28.9 Å².